The van der Waals surface area contributed by atoms with Gasteiger partial charge in [-0.2, -0.15) is 4.98 Å². The zero-order valence-electron chi connectivity index (χ0n) is 13.9. The molecule has 0 amide bonds. The lowest BCUT2D eigenvalue weighted by Crippen LogP contribution is -2.31. The van der Waals surface area contributed by atoms with Crippen molar-refractivity contribution in [2.24, 2.45) is 5.92 Å². The van der Waals surface area contributed by atoms with Crippen LogP contribution in [0.15, 0.2) is 30.3 Å². The number of aryl methyl sites for hydroxylation is 1. The lowest BCUT2D eigenvalue weighted by atomic mass is 9.80. The molecule has 1 aromatic carbocycles. The van der Waals surface area contributed by atoms with Crippen LogP contribution in [0.3, 0.4) is 0 Å². The molecule has 4 nitrogen and oxygen atoms in total. The minimum atomic E-state index is 0.278. The summed E-state index contributed by atoms with van der Waals surface area (Å²) in [5, 5.41) is 3.82. The van der Waals surface area contributed by atoms with Gasteiger partial charge in [0.25, 0.3) is 0 Å². The summed E-state index contributed by atoms with van der Waals surface area (Å²) in [4.78, 5) is 12.3. The van der Waals surface area contributed by atoms with Crippen molar-refractivity contribution >= 4 is 28.5 Å². The molecule has 1 aliphatic carbocycles. The third kappa shape index (κ3) is 2.86. The van der Waals surface area contributed by atoms with Crippen molar-refractivity contribution in [2.75, 3.05) is 5.32 Å². The van der Waals surface area contributed by atoms with Crippen LogP contribution in [0.5, 0.6) is 0 Å². The second kappa shape index (κ2) is 6.10. The van der Waals surface area contributed by atoms with Gasteiger partial charge >= 0.3 is 0 Å². The molecule has 0 aliphatic heterocycles. The highest BCUT2D eigenvalue weighted by Gasteiger charge is 2.25. The van der Waals surface area contributed by atoms with Crippen molar-refractivity contribution in [1.29, 1.82) is 0 Å². The minimum absolute atomic E-state index is 0.278. The van der Waals surface area contributed by atoms with E-state index in [0.29, 0.717) is 6.04 Å². The van der Waals surface area contributed by atoms with Crippen LogP contribution < -0.4 is 5.32 Å². The topological polar surface area (TPSA) is 53.6 Å². The number of fused-ring (bicyclic) bond motifs is 1. The molecule has 24 heavy (non-hydrogen) atoms. The fourth-order valence-corrected chi connectivity index (χ4v) is 3.51. The van der Waals surface area contributed by atoms with Crippen molar-refractivity contribution < 1.29 is 0 Å². The van der Waals surface area contributed by atoms with E-state index in [-0.39, 0.29) is 5.28 Å². The van der Waals surface area contributed by atoms with Crippen LogP contribution in [0.2, 0.25) is 5.28 Å². The Morgan fingerprint density at radius 2 is 2.08 bits per heavy atom. The molecule has 0 unspecified atom stereocenters. The lowest BCUT2D eigenvalue weighted by Gasteiger charge is -2.32. The molecular weight excluding hydrogens is 320 g/mol. The maximum absolute atomic E-state index is 6.14. The zero-order chi connectivity index (χ0) is 16.7. The van der Waals surface area contributed by atoms with Gasteiger partial charge in [0.2, 0.25) is 5.28 Å². The van der Waals surface area contributed by atoms with E-state index >= 15 is 0 Å². The van der Waals surface area contributed by atoms with Crippen LogP contribution in [0.1, 0.15) is 31.7 Å². The monoisotopic (exact) mass is 340 g/mol. The molecule has 4 rings (SSSR count). The Kier molecular flexibility index (Phi) is 3.93. The van der Waals surface area contributed by atoms with Crippen molar-refractivity contribution in [3.63, 3.8) is 0 Å². The van der Waals surface area contributed by atoms with Gasteiger partial charge in [-0.3, -0.25) is 0 Å². The summed E-state index contributed by atoms with van der Waals surface area (Å²) in [5.74, 6) is 1.52. The molecule has 0 radical (unpaired) electrons. The Hall–Kier alpha value is -2.07. The number of aromatic nitrogens is 3. The van der Waals surface area contributed by atoms with Crippen LogP contribution >= 0.6 is 11.6 Å². The number of benzene rings is 1. The van der Waals surface area contributed by atoms with Crippen molar-refractivity contribution in [1.82, 2.24) is 15.0 Å². The number of hydrogen-bond acceptors (Lipinski definition) is 3. The van der Waals surface area contributed by atoms with E-state index < -0.39 is 0 Å². The lowest BCUT2D eigenvalue weighted by molar-refractivity contribution is 0.285. The molecule has 0 spiro atoms. The number of rotatable bonds is 4. The summed E-state index contributed by atoms with van der Waals surface area (Å²) in [6.07, 6.45) is 3.90. The first-order valence-corrected chi connectivity index (χ1v) is 8.88. The first-order valence-electron chi connectivity index (χ1n) is 8.50. The first-order chi connectivity index (χ1) is 11.6. The van der Waals surface area contributed by atoms with E-state index in [4.69, 9.17) is 11.6 Å². The maximum Gasteiger partial charge on any atom is 0.225 e. The highest BCUT2D eigenvalue weighted by atomic mass is 35.5. The SMILES string of the molecule is Cc1cccc(-c2cc3nc(Cl)nc(N[C@H](C)C4CCC4)c3[nH]2)c1. The molecule has 0 saturated heterocycles. The van der Waals surface area contributed by atoms with E-state index in [2.05, 4.69) is 58.4 Å². The normalized spacial score (nSPS) is 16.1. The molecule has 1 aliphatic rings. The minimum Gasteiger partial charge on any atom is -0.365 e. The van der Waals surface area contributed by atoms with Gasteiger partial charge in [-0.15, -0.1) is 0 Å². The number of hydrogen-bond donors (Lipinski definition) is 2. The van der Waals surface area contributed by atoms with Crippen LogP contribution in [-0.2, 0) is 0 Å². The zero-order valence-corrected chi connectivity index (χ0v) is 14.7. The van der Waals surface area contributed by atoms with E-state index in [1.807, 2.05) is 6.07 Å². The van der Waals surface area contributed by atoms with Crippen molar-refractivity contribution in [3.8, 4) is 11.3 Å². The van der Waals surface area contributed by atoms with Gasteiger partial charge in [0.15, 0.2) is 5.82 Å². The highest BCUT2D eigenvalue weighted by Crippen LogP contribution is 2.33. The Morgan fingerprint density at radius 1 is 1.25 bits per heavy atom. The smallest absolute Gasteiger partial charge is 0.225 e. The van der Waals surface area contributed by atoms with Gasteiger partial charge in [-0.25, -0.2) is 4.98 Å². The van der Waals surface area contributed by atoms with E-state index in [0.717, 1.165) is 34.0 Å². The van der Waals surface area contributed by atoms with Gasteiger partial charge in [-0.1, -0.05) is 30.2 Å². The predicted octanol–water partition coefficient (Wildman–Crippen LogP) is 5.19. The molecule has 124 valence electrons. The summed E-state index contributed by atoms with van der Waals surface area (Å²) in [7, 11) is 0. The second-order valence-corrected chi connectivity index (χ2v) is 7.12. The molecule has 2 aromatic heterocycles. The number of H-pyrrole nitrogens is 1. The van der Waals surface area contributed by atoms with Crippen LogP contribution in [0.4, 0.5) is 5.82 Å². The number of nitrogens with zero attached hydrogens (tertiary/aromatic N) is 2. The number of halogens is 1. The number of nitrogens with one attached hydrogen (secondary N) is 2. The summed E-state index contributed by atoms with van der Waals surface area (Å²) < 4.78 is 0. The standard InChI is InChI=1S/C19H21ClN4/c1-11-5-3-8-14(9-11)15-10-16-17(22-15)18(24-19(20)23-16)21-12(2)13-6-4-7-13/h3,5,8-10,12-13,22H,4,6-7H2,1-2H3,(H,21,23,24)/t12-/m1/s1. The fraction of sp³-hybridized carbons (Fsp3) is 0.368. The average molecular weight is 341 g/mol. The van der Waals surface area contributed by atoms with Crippen LogP contribution in [0, 0.1) is 12.8 Å². The third-order valence-corrected chi connectivity index (χ3v) is 5.17. The molecule has 1 atom stereocenters. The molecule has 2 heterocycles. The molecule has 5 heteroatoms. The Bertz CT molecular complexity index is 882. The third-order valence-electron chi connectivity index (χ3n) is 5.00. The van der Waals surface area contributed by atoms with Gasteiger partial charge < -0.3 is 10.3 Å². The quantitative estimate of drug-likeness (QED) is 0.643. The maximum atomic E-state index is 6.14. The Morgan fingerprint density at radius 3 is 2.79 bits per heavy atom. The van der Waals surface area contributed by atoms with Gasteiger partial charge in [-0.05, 0) is 61.9 Å². The first kappa shape index (κ1) is 15.5. The highest BCUT2D eigenvalue weighted by molar-refractivity contribution is 6.28. The second-order valence-electron chi connectivity index (χ2n) is 6.78. The molecule has 1 fully saturated rings. The Labute approximate surface area is 146 Å². The van der Waals surface area contributed by atoms with Crippen molar-refractivity contribution in [3.05, 3.63) is 41.2 Å². The fourth-order valence-electron chi connectivity index (χ4n) is 3.33. The average Bonchev–Trinajstić information content (AvgIpc) is 2.89. The predicted molar refractivity (Wildman–Crippen MR) is 99.5 cm³/mol. The largest absolute Gasteiger partial charge is 0.365 e. The molecule has 0 bridgehead atoms. The molecule has 3 aromatic rings. The molecule has 1 saturated carbocycles. The van der Waals surface area contributed by atoms with Crippen molar-refractivity contribution in [2.45, 2.75) is 39.2 Å². The van der Waals surface area contributed by atoms with Gasteiger partial charge in [0.1, 0.15) is 5.52 Å². The van der Waals surface area contributed by atoms with E-state index in [1.54, 1.807) is 0 Å². The summed E-state index contributed by atoms with van der Waals surface area (Å²) in [5.41, 5.74) is 5.16. The summed E-state index contributed by atoms with van der Waals surface area (Å²) in [6, 6.07) is 10.8. The Balaban J connectivity index is 1.73. The van der Waals surface area contributed by atoms with Crippen LogP contribution in [-0.4, -0.2) is 21.0 Å². The van der Waals surface area contributed by atoms with Crippen LogP contribution in [0.25, 0.3) is 22.3 Å². The molecular formula is C19H21ClN4. The summed E-state index contributed by atoms with van der Waals surface area (Å²) in [6.45, 7) is 4.31. The van der Waals surface area contributed by atoms with Gasteiger partial charge in [0, 0.05) is 11.7 Å². The molecule has 2 N–H and O–H groups in total. The number of anilines is 1. The summed E-state index contributed by atoms with van der Waals surface area (Å²) >= 11 is 6.14. The van der Waals surface area contributed by atoms with E-state index in [1.165, 1.54) is 24.8 Å². The van der Waals surface area contributed by atoms with E-state index in [9.17, 15) is 0 Å². The number of aromatic amines is 1. The van der Waals surface area contributed by atoms with Gasteiger partial charge in [0.05, 0.1) is 5.52 Å².